The SMILES string of the molecule is CCCC(NC(=O)C1NNNC1c1ccccc1)C(=O)O. The van der Waals surface area contributed by atoms with E-state index in [1.165, 1.54) is 0 Å². The van der Waals surface area contributed by atoms with Crippen molar-refractivity contribution in [3.63, 3.8) is 0 Å². The molecule has 0 radical (unpaired) electrons. The number of carbonyl (C=O) groups is 2. The Morgan fingerprint density at radius 3 is 2.62 bits per heavy atom. The number of hydrazine groups is 2. The van der Waals surface area contributed by atoms with E-state index in [4.69, 9.17) is 5.11 Å². The molecule has 1 aliphatic heterocycles. The molecule has 5 N–H and O–H groups in total. The highest BCUT2D eigenvalue weighted by molar-refractivity contribution is 5.87. The summed E-state index contributed by atoms with van der Waals surface area (Å²) in [5.41, 5.74) is 9.46. The molecule has 114 valence electrons. The maximum atomic E-state index is 12.3. The van der Waals surface area contributed by atoms with Crippen LogP contribution in [0.4, 0.5) is 0 Å². The highest BCUT2D eigenvalue weighted by Crippen LogP contribution is 2.18. The Bertz CT molecular complexity index is 494. The molecule has 3 atom stereocenters. The molecule has 1 amide bonds. The highest BCUT2D eigenvalue weighted by Gasteiger charge is 2.35. The molecule has 2 rings (SSSR count). The Morgan fingerprint density at radius 1 is 1.29 bits per heavy atom. The quantitative estimate of drug-likeness (QED) is 0.509. The Balaban J connectivity index is 2.05. The molecule has 21 heavy (non-hydrogen) atoms. The van der Waals surface area contributed by atoms with Crippen LogP contribution < -0.4 is 21.7 Å². The number of hydrogen-bond donors (Lipinski definition) is 5. The molecular weight excluding hydrogens is 272 g/mol. The zero-order valence-corrected chi connectivity index (χ0v) is 11.8. The molecule has 1 aliphatic rings. The Morgan fingerprint density at radius 2 is 2.00 bits per heavy atom. The highest BCUT2D eigenvalue weighted by atomic mass is 16.4. The maximum absolute atomic E-state index is 12.3. The first-order valence-corrected chi connectivity index (χ1v) is 6.97. The first kappa shape index (κ1) is 15.4. The maximum Gasteiger partial charge on any atom is 0.326 e. The summed E-state index contributed by atoms with van der Waals surface area (Å²) in [6.45, 7) is 1.88. The van der Waals surface area contributed by atoms with E-state index in [2.05, 4.69) is 21.7 Å². The minimum absolute atomic E-state index is 0.262. The lowest BCUT2D eigenvalue weighted by Crippen LogP contribution is -2.50. The lowest BCUT2D eigenvalue weighted by molar-refractivity contribution is -0.142. The number of benzene rings is 1. The van der Waals surface area contributed by atoms with Crippen molar-refractivity contribution in [3.8, 4) is 0 Å². The van der Waals surface area contributed by atoms with E-state index in [1.807, 2.05) is 37.3 Å². The third kappa shape index (κ3) is 3.78. The summed E-state index contributed by atoms with van der Waals surface area (Å²) in [6.07, 6.45) is 1.10. The topological polar surface area (TPSA) is 102 Å². The van der Waals surface area contributed by atoms with Crippen LogP contribution in [0.2, 0.25) is 0 Å². The molecule has 7 nitrogen and oxygen atoms in total. The predicted molar refractivity (Wildman–Crippen MR) is 76.9 cm³/mol. The van der Waals surface area contributed by atoms with E-state index in [1.54, 1.807) is 0 Å². The van der Waals surface area contributed by atoms with Gasteiger partial charge in [-0.05, 0) is 12.0 Å². The molecular formula is C14H20N4O3. The molecule has 0 bridgehead atoms. The van der Waals surface area contributed by atoms with Crippen LogP contribution in [-0.4, -0.2) is 29.1 Å². The number of aliphatic carboxylic acids is 1. The summed E-state index contributed by atoms with van der Waals surface area (Å²) in [5.74, 6) is -1.36. The standard InChI is InChI=1S/C14H20N4O3/c1-2-6-10(14(20)21)15-13(19)12-11(16-18-17-12)9-7-4-3-5-8-9/h3-5,7-8,10-12,16-18H,2,6H2,1H3,(H,15,19)(H,20,21). The lowest BCUT2D eigenvalue weighted by Gasteiger charge is -2.20. The van der Waals surface area contributed by atoms with Gasteiger partial charge in [-0.3, -0.25) is 4.79 Å². The van der Waals surface area contributed by atoms with Crippen LogP contribution in [0.5, 0.6) is 0 Å². The van der Waals surface area contributed by atoms with Crippen molar-refractivity contribution in [1.29, 1.82) is 0 Å². The van der Waals surface area contributed by atoms with Crippen molar-refractivity contribution in [2.75, 3.05) is 0 Å². The van der Waals surface area contributed by atoms with Gasteiger partial charge in [-0.25, -0.2) is 15.6 Å². The van der Waals surface area contributed by atoms with E-state index in [0.29, 0.717) is 12.8 Å². The number of rotatable bonds is 6. The summed E-state index contributed by atoms with van der Waals surface area (Å²) >= 11 is 0. The van der Waals surface area contributed by atoms with Gasteiger partial charge in [0.15, 0.2) is 0 Å². The van der Waals surface area contributed by atoms with Crippen LogP contribution >= 0.6 is 0 Å². The second-order valence-electron chi connectivity index (χ2n) is 4.97. The first-order valence-electron chi connectivity index (χ1n) is 6.97. The largest absolute Gasteiger partial charge is 0.480 e. The van der Waals surface area contributed by atoms with Crippen LogP contribution in [0, 0.1) is 0 Å². The second kappa shape index (κ2) is 7.16. The molecule has 0 aromatic heterocycles. The molecule has 0 saturated carbocycles. The van der Waals surface area contributed by atoms with Crippen molar-refractivity contribution >= 4 is 11.9 Å². The zero-order valence-electron chi connectivity index (χ0n) is 11.8. The van der Waals surface area contributed by atoms with Gasteiger partial charge in [0, 0.05) is 0 Å². The molecule has 1 aromatic carbocycles. The molecule has 7 heteroatoms. The van der Waals surface area contributed by atoms with E-state index in [9.17, 15) is 9.59 Å². The molecule has 0 spiro atoms. The van der Waals surface area contributed by atoms with Gasteiger partial charge in [0.05, 0.1) is 6.04 Å². The average Bonchev–Trinajstić information content (AvgIpc) is 2.97. The molecule has 1 fully saturated rings. The van der Waals surface area contributed by atoms with Crippen molar-refractivity contribution in [3.05, 3.63) is 35.9 Å². The number of carboxylic acid groups (broad SMARTS) is 1. The van der Waals surface area contributed by atoms with Gasteiger partial charge < -0.3 is 10.4 Å². The van der Waals surface area contributed by atoms with Gasteiger partial charge in [0.1, 0.15) is 12.1 Å². The van der Waals surface area contributed by atoms with Crippen LogP contribution in [0.25, 0.3) is 0 Å². The van der Waals surface area contributed by atoms with E-state index >= 15 is 0 Å². The molecule has 3 unspecified atom stereocenters. The van der Waals surface area contributed by atoms with Gasteiger partial charge in [-0.1, -0.05) is 43.7 Å². The molecule has 1 aromatic rings. The zero-order chi connectivity index (χ0) is 15.2. The number of carboxylic acids is 1. The third-order valence-electron chi connectivity index (χ3n) is 3.42. The minimum Gasteiger partial charge on any atom is -0.480 e. The normalized spacial score (nSPS) is 22.7. The summed E-state index contributed by atoms with van der Waals surface area (Å²) < 4.78 is 0. The monoisotopic (exact) mass is 292 g/mol. The fraction of sp³-hybridized carbons (Fsp3) is 0.429. The number of amides is 1. The summed E-state index contributed by atoms with van der Waals surface area (Å²) in [7, 11) is 0. The van der Waals surface area contributed by atoms with Gasteiger partial charge in [0.2, 0.25) is 5.91 Å². The van der Waals surface area contributed by atoms with Crippen molar-refractivity contribution in [2.24, 2.45) is 0 Å². The Hall–Kier alpha value is -1.96. The third-order valence-corrected chi connectivity index (χ3v) is 3.42. The molecule has 0 aliphatic carbocycles. The molecule has 1 saturated heterocycles. The second-order valence-corrected chi connectivity index (χ2v) is 4.97. The van der Waals surface area contributed by atoms with E-state index in [0.717, 1.165) is 5.56 Å². The number of carbonyl (C=O) groups excluding carboxylic acids is 1. The summed E-state index contributed by atoms with van der Waals surface area (Å²) in [4.78, 5) is 23.4. The number of nitrogens with one attached hydrogen (secondary N) is 4. The van der Waals surface area contributed by atoms with Crippen LogP contribution in [0.1, 0.15) is 31.4 Å². The van der Waals surface area contributed by atoms with Gasteiger partial charge in [-0.2, -0.15) is 5.53 Å². The van der Waals surface area contributed by atoms with Gasteiger partial charge >= 0.3 is 5.97 Å². The lowest BCUT2D eigenvalue weighted by atomic mass is 10.00. The fourth-order valence-electron chi connectivity index (χ4n) is 2.32. The first-order chi connectivity index (χ1) is 10.1. The van der Waals surface area contributed by atoms with Crippen LogP contribution in [0.15, 0.2) is 30.3 Å². The Kier molecular flexibility index (Phi) is 5.26. The average molecular weight is 292 g/mol. The minimum atomic E-state index is -1.01. The van der Waals surface area contributed by atoms with E-state index < -0.39 is 18.1 Å². The van der Waals surface area contributed by atoms with Crippen LogP contribution in [-0.2, 0) is 9.59 Å². The van der Waals surface area contributed by atoms with Crippen molar-refractivity contribution < 1.29 is 14.7 Å². The Labute approximate surface area is 123 Å². The van der Waals surface area contributed by atoms with E-state index in [-0.39, 0.29) is 11.9 Å². The molecule has 1 heterocycles. The van der Waals surface area contributed by atoms with Crippen LogP contribution in [0.3, 0.4) is 0 Å². The van der Waals surface area contributed by atoms with Gasteiger partial charge in [-0.15, -0.1) is 0 Å². The van der Waals surface area contributed by atoms with Crippen molar-refractivity contribution in [2.45, 2.75) is 37.9 Å². The van der Waals surface area contributed by atoms with Gasteiger partial charge in [0.25, 0.3) is 0 Å². The predicted octanol–water partition coefficient (Wildman–Crippen LogP) is 0.0782. The summed E-state index contributed by atoms with van der Waals surface area (Å²) in [6, 6.07) is 7.80. The smallest absolute Gasteiger partial charge is 0.326 e. The number of hydrogen-bond acceptors (Lipinski definition) is 5. The fourth-order valence-corrected chi connectivity index (χ4v) is 2.32. The van der Waals surface area contributed by atoms with Crippen molar-refractivity contribution in [1.82, 2.24) is 21.7 Å². The summed E-state index contributed by atoms with van der Waals surface area (Å²) in [5, 5.41) is 11.7.